The van der Waals surface area contributed by atoms with Gasteiger partial charge in [0.15, 0.2) is 0 Å². The van der Waals surface area contributed by atoms with Gasteiger partial charge >= 0.3 is 0 Å². The van der Waals surface area contributed by atoms with Gasteiger partial charge in [0, 0.05) is 49.0 Å². The summed E-state index contributed by atoms with van der Waals surface area (Å²) in [7, 11) is 0. The van der Waals surface area contributed by atoms with Gasteiger partial charge < -0.3 is 9.67 Å². The summed E-state index contributed by atoms with van der Waals surface area (Å²) >= 11 is 0. The third kappa shape index (κ3) is 3.37. The zero-order valence-electron chi connectivity index (χ0n) is 14.2. The predicted molar refractivity (Wildman–Crippen MR) is 96.7 cm³/mol. The normalized spacial score (nSPS) is 15.8. The summed E-state index contributed by atoms with van der Waals surface area (Å²) < 4.78 is 15.6. The van der Waals surface area contributed by atoms with Crippen LogP contribution in [0.15, 0.2) is 48.8 Å². The Balaban J connectivity index is 1.54. The molecular formula is C21H18FN3O. The topological polar surface area (TPSA) is 50.9 Å². The number of aromatic nitrogens is 3. The van der Waals surface area contributed by atoms with E-state index in [1.54, 1.807) is 12.1 Å². The number of halogens is 1. The minimum absolute atomic E-state index is 0.220. The van der Waals surface area contributed by atoms with E-state index in [1.165, 1.54) is 6.20 Å². The number of imidazole rings is 1. The molecule has 3 heterocycles. The maximum Gasteiger partial charge on any atom is 0.228 e. The summed E-state index contributed by atoms with van der Waals surface area (Å²) in [6, 6.07) is 11.0. The van der Waals surface area contributed by atoms with Crippen molar-refractivity contribution < 1.29 is 9.50 Å². The molecule has 1 aliphatic heterocycles. The van der Waals surface area contributed by atoms with Crippen molar-refractivity contribution in [1.82, 2.24) is 14.5 Å². The monoisotopic (exact) mass is 347 g/mol. The van der Waals surface area contributed by atoms with Crippen molar-refractivity contribution in [1.29, 1.82) is 0 Å². The number of benzene rings is 1. The lowest BCUT2D eigenvalue weighted by molar-refractivity contribution is 0.190. The highest BCUT2D eigenvalue weighted by Gasteiger charge is 2.20. The minimum atomic E-state index is -0.554. The second-order valence-corrected chi connectivity index (χ2v) is 6.45. The lowest BCUT2D eigenvalue weighted by Gasteiger charge is -2.21. The molecule has 4 rings (SSSR count). The van der Waals surface area contributed by atoms with Crippen LogP contribution in [0.4, 0.5) is 4.39 Å². The SMILES string of the molecule is OCC1CCc2nc(-c3ccc(C#Cc4cccnc4F)cc3)cn2C1. The Morgan fingerprint density at radius 2 is 2.04 bits per heavy atom. The number of pyridine rings is 1. The highest BCUT2D eigenvalue weighted by atomic mass is 19.1. The van der Waals surface area contributed by atoms with Crippen molar-refractivity contribution in [2.24, 2.45) is 5.92 Å². The predicted octanol–water partition coefficient (Wildman–Crippen LogP) is 3.04. The summed E-state index contributed by atoms with van der Waals surface area (Å²) in [4.78, 5) is 8.31. The Morgan fingerprint density at radius 3 is 2.81 bits per heavy atom. The first kappa shape index (κ1) is 16.5. The van der Waals surface area contributed by atoms with Gasteiger partial charge in [-0.1, -0.05) is 24.0 Å². The number of aliphatic hydroxyl groups excluding tert-OH is 1. The van der Waals surface area contributed by atoms with E-state index in [1.807, 2.05) is 30.5 Å². The zero-order valence-corrected chi connectivity index (χ0v) is 14.2. The maximum atomic E-state index is 13.5. The molecule has 1 aliphatic rings. The first-order valence-corrected chi connectivity index (χ1v) is 8.63. The highest BCUT2D eigenvalue weighted by Crippen LogP contribution is 2.25. The van der Waals surface area contributed by atoms with Gasteiger partial charge in [0.2, 0.25) is 5.95 Å². The van der Waals surface area contributed by atoms with Gasteiger partial charge in [-0.15, -0.1) is 0 Å². The van der Waals surface area contributed by atoms with E-state index >= 15 is 0 Å². The third-order valence-corrected chi connectivity index (χ3v) is 4.63. The maximum absolute atomic E-state index is 13.5. The Morgan fingerprint density at radius 1 is 1.19 bits per heavy atom. The molecule has 0 aliphatic carbocycles. The van der Waals surface area contributed by atoms with Crippen LogP contribution in [-0.2, 0) is 13.0 Å². The van der Waals surface area contributed by atoms with Crippen molar-refractivity contribution >= 4 is 0 Å². The van der Waals surface area contributed by atoms with E-state index < -0.39 is 5.95 Å². The number of aliphatic hydroxyl groups is 1. The lowest BCUT2D eigenvalue weighted by Crippen LogP contribution is -2.22. The van der Waals surface area contributed by atoms with Crippen molar-refractivity contribution in [3.05, 3.63) is 71.7 Å². The smallest absolute Gasteiger partial charge is 0.228 e. The average Bonchev–Trinajstić information content (AvgIpc) is 3.11. The van der Waals surface area contributed by atoms with Crippen LogP contribution in [0.3, 0.4) is 0 Å². The molecular weight excluding hydrogens is 329 g/mol. The van der Waals surface area contributed by atoms with Gasteiger partial charge in [-0.25, -0.2) is 9.97 Å². The highest BCUT2D eigenvalue weighted by molar-refractivity contribution is 5.60. The van der Waals surface area contributed by atoms with Crippen LogP contribution in [0.1, 0.15) is 23.4 Å². The first-order chi connectivity index (χ1) is 12.7. The molecule has 0 fully saturated rings. The Bertz CT molecular complexity index is 982. The Labute approximate surface area is 151 Å². The van der Waals surface area contributed by atoms with Gasteiger partial charge in [0.05, 0.1) is 11.3 Å². The molecule has 1 unspecified atom stereocenters. The van der Waals surface area contributed by atoms with Gasteiger partial charge in [-0.3, -0.25) is 0 Å². The fourth-order valence-corrected chi connectivity index (χ4v) is 3.15. The summed E-state index contributed by atoms with van der Waals surface area (Å²) in [5, 5.41) is 9.35. The third-order valence-electron chi connectivity index (χ3n) is 4.63. The number of hydrogen-bond acceptors (Lipinski definition) is 3. The van der Waals surface area contributed by atoms with Crippen LogP contribution in [0, 0.1) is 23.7 Å². The van der Waals surface area contributed by atoms with Gasteiger partial charge in [0.1, 0.15) is 5.82 Å². The first-order valence-electron chi connectivity index (χ1n) is 8.63. The zero-order chi connectivity index (χ0) is 17.9. The van der Waals surface area contributed by atoms with Gasteiger partial charge in [0.25, 0.3) is 0 Å². The molecule has 0 saturated heterocycles. The standard InChI is InChI=1S/C21H18FN3O/c22-21-18(2-1-11-23-21)9-5-15-3-7-17(8-4-15)19-13-25-12-16(14-26)6-10-20(25)24-19/h1-4,7-8,11,13,16,26H,6,10,12,14H2. The molecule has 0 radical (unpaired) electrons. The van der Waals surface area contributed by atoms with E-state index in [-0.39, 0.29) is 12.2 Å². The molecule has 0 bridgehead atoms. The fourth-order valence-electron chi connectivity index (χ4n) is 3.15. The molecule has 5 heteroatoms. The van der Waals surface area contributed by atoms with Crippen LogP contribution >= 0.6 is 0 Å². The molecule has 26 heavy (non-hydrogen) atoms. The second kappa shape index (κ2) is 7.11. The van der Waals surface area contributed by atoms with E-state index in [0.29, 0.717) is 5.92 Å². The van der Waals surface area contributed by atoms with Crippen molar-refractivity contribution in [3.63, 3.8) is 0 Å². The summed E-state index contributed by atoms with van der Waals surface area (Å²) in [6.45, 7) is 1.04. The molecule has 1 aromatic carbocycles. The number of nitrogens with zero attached hydrogens (tertiary/aromatic N) is 3. The molecule has 0 saturated carbocycles. The van der Waals surface area contributed by atoms with E-state index in [4.69, 9.17) is 4.98 Å². The molecule has 2 aromatic heterocycles. The van der Waals surface area contributed by atoms with Gasteiger partial charge in [-0.05, 0) is 30.7 Å². The van der Waals surface area contributed by atoms with E-state index in [0.717, 1.165) is 42.0 Å². The van der Waals surface area contributed by atoms with E-state index in [2.05, 4.69) is 21.4 Å². The summed E-state index contributed by atoms with van der Waals surface area (Å²) in [5.41, 5.74) is 3.04. The molecule has 0 amide bonds. The molecule has 1 atom stereocenters. The summed E-state index contributed by atoms with van der Waals surface area (Å²) in [5.74, 6) is 6.60. The Hall–Kier alpha value is -2.97. The van der Waals surface area contributed by atoms with Crippen molar-refractivity contribution in [2.75, 3.05) is 6.61 Å². The molecule has 1 N–H and O–H groups in total. The second-order valence-electron chi connectivity index (χ2n) is 6.45. The minimum Gasteiger partial charge on any atom is -0.396 e. The van der Waals surface area contributed by atoms with Crippen LogP contribution in [0.2, 0.25) is 0 Å². The van der Waals surface area contributed by atoms with Crippen LogP contribution in [0.25, 0.3) is 11.3 Å². The molecule has 130 valence electrons. The molecule has 3 aromatic rings. The van der Waals surface area contributed by atoms with E-state index in [9.17, 15) is 9.50 Å². The molecule has 4 nitrogen and oxygen atoms in total. The summed E-state index contributed by atoms with van der Waals surface area (Å²) in [6.07, 6.45) is 5.32. The van der Waals surface area contributed by atoms with Crippen LogP contribution < -0.4 is 0 Å². The van der Waals surface area contributed by atoms with Crippen molar-refractivity contribution in [3.8, 4) is 23.1 Å². The van der Waals surface area contributed by atoms with Crippen LogP contribution in [0.5, 0.6) is 0 Å². The number of hydrogen-bond donors (Lipinski definition) is 1. The van der Waals surface area contributed by atoms with Crippen LogP contribution in [-0.4, -0.2) is 26.2 Å². The number of fused-ring (bicyclic) bond motifs is 1. The molecule has 0 spiro atoms. The largest absolute Gasteiger partial charge is 0.396 e. The van der Waals surface area contributed by atoms with Gasteiger partial charge in [-0.2, -0.15) is 4.39 Å². The number of aryl methyl sites for hydroxylation is 1. The average molecular weight is 347 g/mol. The Kier molecular flexibility index (Phi) is 4.51. The quantitative estimate of drug-likeness (QED) is 0.573. The fraction of sp³-hybridized carbons (Fsp3) is 0.238. The van der Waals surface area contributed by atoms with Crippen molar-refractivity contribution in [2.45, 2.75) is 19.4 Å². The number of rotatable bonds is 2. The lowest BCUT2D eigenvalue weighted by atomic mass is 10.0.